The van der Waals surface area contributed by atoms with Gasteiger partial charge in [0.2, 0.25) is 0 Å². The van der Waals surface area contributed by atoms with Gasteiger partial charge >= 0.3 is 0 Å². The summed E-state index contributed by atoms with van der Waals surface area (Å²) in [7, 11) is 4.13. The molecular weight excluding hydrogens is 476 g/mol. The number of benzene rings is 2. The summed E-state index contributed by atoms with van der Waals surface area (Å²) >= 11 is 0. The van der Waals surface area contributed by atoms with E-state index in [4.69, 9.17) is 15.0 Å². The minimum atomic E-state index is 0.387. The SMILES string of the molecule is CC(=Nc1c(C(C)C)cccc1C(C)C)c1cc(N(C)C)cc(C(C)=Nc2c(C(C)C)cccc2C(C)C)n1. The molecule has 0 unspecified atom stereocenters. The van der Waals surface area contributed by atoms with Crippen LogP contribution in [0.25, 0.3) is 0 Å². The second kappa shape index (κ2) is 12.7. The van der Waals surface area contributed by atoms with E-state index in [1.807, 2.05) is 0 Å². The summed E-state index contributed by atoms with van der Waals surface area (Å²) in [5.41, 5.74) is 11.9. The highest BCUT2D eigenvalue weighted by Gasteiger charge is 2.17. The van der Waals surface area contributed by atoms with Gasteiger partial charge in [0.1, 0.15) is 0 Å². The van der Waals surface area contributed by atoms with E-state index in [9.17, 15) is 0 Å². The molecule has 0 aliphatic rings. The zero-order chi connectivity index (χ0) is 29.0. The Labute approximate surface area is 237 Å². The fourth-order valence-electron chi connectivity index (χ4n) is 4.88. The molecule has 0 fully saturated rings. The summed E-state index contributed by atoms with van der Waals surface area (Å²) < 4.78 is 0. The van der Waals surface area contributed by atoms with Gasteiger partial charge in [0.15, 0.2) is 0 Å². The van der Waals surface area contributed by atoms with Crippen molar-refractivity contribution in [1.82, 2.24) is 4.98 Å². The van der Waals surface area contributed by atoms with E-state index in [1.165, 1.54) is 22.3 Å². The molecule has 208 valence electrons. The molecule has 0 saturated heterocycles. The monoisotopic (exact) mass is 524 g/mol. The molecule has 39 heavy (non-hydrogen) atoms. The van der Waals surface area contributed by atoms with E-state index in [-0.39, 0.29) is 0 Å². The maximum Gasteiger partial charge on any atom is 0.0870 e. The molecule has 0 amide bonds. The lowest BCUT2D eigenvalue weighted by Gasteiger charge is -2.19. The van der Waals surface area contributed by atoms with Crippen molar-refractivity contribution in [3.05, 3.63) is 82.2 Å². The normalized spacial score (nSPS) is 12.8. The first-order valence-electron chi connectivity index (χ1n) is 14.4. The highest BCUT2D eigenvalue weighted by molar-refractivity contribution is 6.04. The van der Waals surface area contributed by atoms with Crippen LogP contribution < -0.4 is 4.90 Å². The number of anilines is 1. The molecule has 0 N–H and O–H groups in total. The number of rotatable bonds is 9. The van der Waals surface area contributed by atoms with Crippen molar-refractivity contribution in [2.45, 2.75) is 92.9 Å². The summed E-state index contributed by atoms with van der Waals surface area (Å²) in [6, 6.07) is 17.4. The largest absolute Gasteiger partial charge is 0.378 e. The summed E-state index contributed by atoms with van der Waals surface area (Å²) in [6.07, 6.45) is 0. The molecule has 1 heterocycles. The van der Waals surface area contributed by atoms with Crippen LogP contribution in [0.1, 0.15) is 127 Å². The standard InChI is InChI=1S/C35H48N4/c1-21(2)28-15-13-16-29(22(3)4)34(28)36-25(9)32-19-27(39(11)12)20-33(38-32)26(10)37-35-30(23(5)6)17-14-18-31(35)24(7)8/h13-24H,1-12H3. The van der Waals surface area contributed by atoms with Crippen LogP contribution in [0.2, 0.25) is 0 Å². The van der Waals surface area contributed by atoms with Crippen molar-refractivity contribution < 1.29 is 0 Å². The fraction of sp³-hybridized carbons (Fsp3) is 0.457. The molecule has 4 nitrogen and oxygen atoms in total. The predicted octanol–water partition coefficient (Wildman–Crippen LogP) is 9.92. The van der Waals surface area contributed by atoms with Gasteiger partial charge in [0.05, 0.1) is 34.2 Å². The van der Waals surface area contributed by atoms with Crippen LogP contribution in [-0.4, -0.2) is 30.5 Å². The minimum Gasteiger partial charge on any atom is -0.378 e. The minimum absolute atomic E-state index is 0.387. The van der Waals surface area contributed by atoms with Crippen LogP contribution in [0.5, 0.6) is 0 Å². The Morgan fingerprint density at radius 2 is 0.897 bits per heavy atom. The summed E-state index contributed by atoms with van der Waals surface area (Å²) in [5.74, 6) is 1.55. The Morgan fingerprint density at radius 3 is 1.15 bits per heavy atom. The van der Waals surface area contributed by atoms with Crippen molar-refractivity contribution in [1.29, 1.82) is 0 Å². The van der Waals surface area contributed by atoms with E-state index in [2.05, 4.69) is 137 Å². The highest BCUT2D eigenvalue weighted by Crippen LogP contribution is 2.37. The third-order valence-corrected chi connectivity index (χ3v) is 7.31. The Morgan fingerprint density at radius 1 is 0.590 bits per heavy atom. The third kappa shape index (κ3) is 7.03. The van der Waals surface area contributed by atoms with Crippen molar-refractivity contribution in [2.75, 3.05) is 19.0 Å². The number of para-hydroxylation sites is 2. The smallest absolute Gasteiger partial charge is 0.0870 e. The van der Waals surface area contributed by atoms with Gasteiger partial charge < -0.3 is 4.90 Å². The Bertz CT molecular complexity index is 1210. The second-order valence-electron chi connectivity index (χ2n) is 12.1. The van der Waals surface area contributed by atoms with Crippen LogP contribution in [0.15, 0.2) is 58.5 Å². The average Bonchev–Trinajstić information content (AvgIpc) is 2.87. The number of aliphatic imine (C=N–C) groups is 2. The van der Waals surface area contributed by atoms with Gasteiger partial charge in [-0.05, 0) is 71.9 Å². The topological polar surface area (TPSA) is 40.9 Å². The molecule has 0 aliphatic carbocycles. The van der Waals surface area contributed by atoms with Crippen LogP contribution >= 0.6 is 0 Å². The van der Waals surface area contributed by atoms with Gasteiger partial charge in [0, 0.05) is 19.8 Å². The molecule has 0 spiro atoms. The second-order valence-corrected chi connectivity index (χ2v) is 12.1. The van der Waals surface area contributed by atoms with Crippen molar-refractivity contribution >= 4 is 28.5 Å². The first-order chi connectivity index (χ1) is 18.3. The molecule has 2 aromatic carbocycles. The van der Waals surface area contributed by atoms with Crippen LogP contribution in [0.3, 0.4) is 0 Å². The lowest BCUT2D eigenvalue weighted by atomic mass is 9.93. The molecule has 0 saturated carbocycles. The van der Waals surface area contributed by atoms with E-state index >= 15 is 0 Å². The number of aromatic nitrogens is 1. The van der Waals surface area contributed by atoms with Gasteiger partial charge in [-0.25, -0.2) is 4.98 Å². The molecular formula is C35H48N4. The van der Waals surface area contributed by atoms with Crippen molar-refractivity contribution in [2.24, 2.45) is 9.98 Å². The first kappa shape index (κ1) is 30.3. The highest BCUT2D eigenvalue weighted by atomic mass is 15.1. The molecule has 1 aromatic heterocycles. The Balaban J connectivity index is 2.21. The molecule has 0 atom stereocenters. The van der Waals surface area contributed by atoms with Crippen LogP contribution in [0.4, 0.5) is 17.1 Å². The fourth-order valence-corrected chi connectivity index (χ4v) is 4.88. The first-order valence-corrected chi connectivity index (χ1v) is 14.4. The molecule has 0 aliphatic heterocycles. The van der Waals surface area contributed by atoms with E-state index in [0.717, 1.165) is 39.9 Å². The summed E-state index contributed by atoms with van der Waals surface area (Å²) in [4.78, 5) is 17.7. The predicted molar refractivity (Wildman–Crippen MR) is 172 cm³/mol. The van der Waals surface area contributed by atoms with Crippen molar-refractivity contribution in [3.63, 3.8) is 0 Å². The lowest BCUT2D eigenvalue weighted by Crippen LogP contribution is -2.13. The number of hydrogen-bond donors (Lipinski definition) is 0. The van der Waals surface area contributed by atoms with Gasteiger partial charge in [-0.2, -0.15) is 0 Å². The Hall–Kier alpha value is -3.27. The number of nitrogens with zero attached hydrogens (tertiary/aromatic N) is 4. The zero-order valence-electron chi connectivity index (χ0n) is 26.2. The summed E-state index contributed by atoms with van der Waals surface area (Å²) in [6.45, 7) is 22.0. The quantitative estimate of drug-likeness (QED) is 0.261. The lowest BCUT2D eigenvalue weighted by molar-refractivity contribution is 0.834. The van der Waals surface area contributed by atoms with E-state index in [0.29, 0.717) is 23.7 Å². The van der Waals surface area contributed by atoms with E-state index < -0.39 is 0 Å². The van der Waals surface area contributed by atoms with Crippen LogP contribution in [-0.2, 0) is 0 Å². The zero-order valence-corrected chi connectivity index (χ0v) is 26.2. The van der Waals surface area contributed by atoms with Gasteiger partial charge in [-0.3, -0.25) is 9.98 Å². The number of hydrogen-bond acceptors (Lipinski definition) is 4. The maximum atomic E-state index is 5.23. The van der Waals surface area contributed by atoms with Gasteiger partial charge in [-0.1, -0.05) is 91.8 Å². The third-order valence-electron chi connectivity index (χ3n) is 7.31. The number of pyridine rings is 1. The molecule has 0 bridgehead atoms. The van der Waals surface area contributed by atoms with E-state index in [1.54, 1.807) is 0 Å². The van der Waals surface area contributed by atoms with Gasteiger partial charge in [-0.15, -0.1) is 0 Å². The average molecular weight is 525 g/mol. The molecule has 3 aromatic rings. The molecule has 4 heteroatoms. The summed E-state index contributed by atoms with van der Waals surface area (Å²) in [5, 5.41) is 0. The maximum absolute atomic E-state index is 5.23. The molecule has 3 rings (SSSR count). The Kier molecular flexibility index (Phi) is 9.88. The van der Waals surface area contributed by atoms with Gasteiger partial charge in [0.25, 0.3) is 0 Å². The van der Waals surface area contributed by atoms with Crippen LogP contribution in [0, 0.1) is 0 Å². The molecule has 0 radical (unpaired) electrons. The van der Waals surface area contributed by atoms with Crippen molar-refractivity contribution in [3.8, 4) is 0 Å².